The molecule has 116 valence electrons. The maximum Gasteiger partial charge on any atom is 0.322 e. The van der Waals surface area contributed by atoms with E-state index in [0.29, 0.717) is 11.4 Å². The van der Waals surface area contributed by atoms with Crippen molar-refractivity contribution < 1.29 is 19.4 Å². The first-order valence-electron chi connectivity index (χ1n) is 6.69. The number of carbonyl (C=O) groups excluding carboxylic acids is 1. The molecule has 1 rings (SSSR count). The van der Waals surface area contributed by atoms with Gasteiger partial charge in [0.05, 0.1) is 19.2 Å². The number of para-hydroxylation sites is 2. The summed E-state index contributed by atoms with van der Waals surface area (Å²) >= 11 is 0. The summed E-state index contributed by atoms with van der Waals surface area (Å²) in [4.78, 5) is 24.6. The predicted octanol–water partition coefficient (Wildman–Crippen LogP) is 2.80. The number of benzene rings is 1. The minimum absolute atomic E-state index is 0.101. The van der Waals surface area contributed by atoms with Gasteiger partial charge in [-0.3, -0.25) is 4.79 Å². The van der Waals surface area contributed by atoms with Crippen LogP contribution in [0.15, 0.2) is 24.3 Å². The van der Waals surface area contributed by atoms with E-state index in [2.05, 4.69) is 5.32 Å². The van der Waals surface area contributed by atoms with Crippen molar-refractivity contribution in [2.75, 3.05) is 19.0 Å². The van der Waals surface area contributed by atoms with Crippen molar-refractivity contribution in [2.45, 2.75) is 32.7 Å². The number of methoxy groups -OCH3 is 1. The molecule has 6 heteroatoms. The Morgan fingerprint density at radius 2 is 1.90 bits per heavy atom. The largest absolute Gasteiger partial charge is 0.495 e. The van der Waals surface area contributed by atoms with Crippen molar-refractivity contribution in [3.63, 3.8) is 0 Å². The average Bonchev–Trinajstić information content (AvgIpc) is 2.37. The molecule has 0 saturated carbocycles. The molecular weight excluding hydrogens is 272 g/mol. The summed E-state index contributed by atoms with van der Waals surface area (Å²) in [5, 5.41) is 11.6. The molecule has 0 heterocycles. The van der Waals surface area contributed by atoms with Crippen LogP contribution in [0.5, 0.6) is 5.75 Å². The average molecular weight is 294 g/mol. The Morgan fingerprint density at radius 3 is 2.43 bits per heavy atom. The van der Waals surface area contributed by atoms with Crippen molar-refractivity contribution in [1.82, 2.24) is 4.90 Å². The van der Waals surface area contributed by atoms with Gasteiger partial charge in [-0.1, -0.05) is 12.1 Å². The number of nitrogens with zero attached hydrogens (tertiary/aromatic N) is 1. The Morgan fingerprint density at radius 1 is 1.29 bits per heavy atom. The minimum atomic E-state index is -0.936. The van der Waals surface area contributed by atoms with Gasteiger partial charge in [0.25, 0.3) is 0 Å². The van der Waals surface area contributed by atoms with E-state index in [1.54, 1.807) is 24.3 Å². The number of carboxylic acid groups (broad SMARTS) is 1. The Labute approximate surface area is 124 Å². The predicted molar refractivity (Wildman–Crippen MR) is 80.7 cm³/mol. The van der Waals surface area contributed by atoms with Crippen molar-refractivity contribution in [3.8, 4) is 5.75 Å². The van der Waals surface area contributed by atoms with E-state index in [1.165, 1.54) is 12.0 Å². The van der Waals surface area contributed by atoms with Crippen LogP contribution in [0.2, 0.25) is 0 Å². The lowest BCUT2D eigenvalue weighted by Crippen LogP contribution is -2.48. The number of carboxylic acids is 1. The molecule has 0 bridgehead atoms. The van der Waals surface area contributed by atoms with Gasteiger partial charge in [-0.2, -0.15) is 0 Å². The first-order valence-corrected chi connectivity index (χ1v) is 6.69. The molecule has 2 amide bonds. The summed E-state index contributed by atoms with van der Waals surface area (Å²) in [6.45, 7) is 5.71. The maximum absolute atomic E-state index is 12.4. The Bertz CT molecular complexity index is 509. The second-order valence-corrected chi connectivity index (χ2v) is 5.60. The lowest BCUT2D eigenvalue weighted by molar-refractivity contribution is -0.137. The fraction of sp³-hybridized carbons (Fsp3) is 0.467. The highest BCUT2D eigenvalue weighted by molar-refractivity contribution is 5.91. The van der Waals surface area contributed by atoms with Crippen LogP contribution in [-0.4, -0.2) is 41.2 Å². The molecule has 0 aliphatic heterocycles. The van der Waals surface area contributed by atoms with Gasteiger partial charge in [0.15, 0.2) is 0 Å². The zero-order chi connectivity index (χ0) is 16.0. The number of hydrogen-bond acceptors (Lipinski definition) is 3. The Hall–Kier alpha value is -2.24. The zero-order valence-electron chi connectivity index (χ0n) is 12.8. The number of hydrogen-bond donors (Lipinski definition) is 2. The van der Waals surface area contributed by atoms with E-state index < -0.39 is 11.5 Å². The minimum Gasteiger partial charge on any atom is -0.495 e. The lowest BCUT2D eigenvalue weighted by atomic mass is 10.1. The third kappa shape index (κ3) is 4.98. The van der Waals surface area contributed by atoms with Crippen LogP contribution in [-0.2, 0) is 4.79 Å². The number of amides is 2. The summed E-state index contributed by atoms with van der Waals surface area (Å²) in [7, 11) is 1.52. The molecule has 0 atom stereocenters. The fourth-order valence-electron chi connectivity index (χ4n) is 1.88. The second kappa shape index (κ2) is 6.97. The molecule has 1 aromatic rings. The number of urea groups is 1. The topological polar surface area (TPSA) is 78.9 Å². The zero-order valence-corrected chi connectivity index (χ0v) is 12.8. The molecule has 1 aromatic carbocycles. The monoisotopic (exact) mass is 294 g/mol. The summed E-state index contributed by atoms with van der Waals surface area (Å²) in [5.74, 6) is -0.382. The fourth-order valence-corrected chi connectivity index (χ4v) is 1.88. The van der Waals surface area contributed by atoms with E-state index in [1.807, 2.05) is 20.8 Å². The molecule has 0 aromatic heterocycles. The van der Waals surface area contributed by atoms with Gasteiger partial charge in [-0.15, -0.1) is 0 Å². The summed E-state index contributed by atoms with van der Waals surface area (Å²) in [6.07, 6.45) is -0.101. The van der Waals surface area contributed by atoms with Crippen LogP contribution in [0.1, 0.15) is 27.2 Å². The molecule has 0 spiro atoms. The number of ether oxygens (including phenoxy) is 1. The van der Waals surface area contributed by atoms with Crippen molar-refractivity contribution in [1.29, 1.82) is 0 Å². The van der Waals surface area contributed by atoms with Gasteiger partial charge in [0, 0.05) is 12.1 Å². The maximum atomic E-state index is 12.4. The molecule has 0 radical (unpaired) electrons. The molecule has 2 N–H and O–H groups in total. The van der Waals surface area contributed by atoms with Gasteiger partial charge in [0.1, 0.15) is 5.75 Å². The number of rotatable bonds is 5. The van der Waals surface area contributed by atoms with E-state index >= 15 is 0 Å². The highest BCUT2D eigenvalue weighted by atomic mass is 16.5. The highest BCUT2D eigenvalue weighted by Gasteiger charge is 2.27. The molecule has 0 aliphatic carbocycles. The summed E-state index contributed by atoms with van der Waals surface area (Å²) in [5.41, 5.74) is 0.0660. The first-order chi connectivity index (χ1) is 9.75. The van der Waals surface area contributed by atoms with Crippen LogP contribution in [0, 0.1) is 0 Å². The van der Waals surface area contributed by atoms with Crippen molar-refractivity contribution >= 4 is 17.7 Å². The van der Waals surface area contributed by atoms with E-state index in [9.17, 15) is 9.59 Å². The Balaban J connectivity index is 2.88. The molecule has 0 aliphatic rings. The van der Waals surface area contributed by atoms with Crippen LogP contribution in [0.4, 0.5) is 10.5 Å². The second-order valence-electron chi connectivity index (χ2n) is 5.60. The van der Waals surface area contributed by atoms with Crippen molar-refractivity contribution in [2.24, 2.45) is 0 Å². The Kier molecular flexibility index (Phi) is 5.58. The quantitative estimate of drug-likeness (QED) is 0.875. The van der Waals surface area contributed by atoms with Crippen molar-refractivity contribution in [3.05, 3.63) is 24.3 Å². The number of nitrogens with one attached hydrogen (secondary N) is 1. The van der Waals surface area contributed by atoms with Crippen LogP contribution in [0.3, 0.4) is 0 Å². The molecular formula is C15H22N2O4. The normalized spacial score (nSPS) is 10.9. The van der Waals surface area contributed by atoms with Gasteiger partial charge in [0.2, 0.25) is 0 Å². The van der Waals surface area contributed by atoms with Crippen LogP contribution >= 0.6 is 0 Å². The van der Waals surface area contributed by atoms with Gasteiger partial charge < -0.3 is 20.1 Å². The molecule has 21 heavy (non-hydrogen) atoms. The third-order valence-corrected chi connectivity index (χ3v) is 2.95. The number of aliphatic carboxylic acids is 1. The van der Waals surface area contributed by atoms with E-state index in [0.717, 1.165) is 0 Å². The molecule has 6 nitrogen and oxygen atoms in total. The molecule has 0 unspecified atom stereocenters. The van der Waals surface area contributed by atoms with Gasteiger partial charge in [-0.05, 0) is 32.9 Å². The molecule has 0 fully saturated rings. The summed E-state index contributed by atoms with van der Waals surface area (Å²) < 4.78 is 5.18. The first kappa shape index (κ1) is 16.8. The lowest BCUT2D eigenvalue weighted by Gasteiger charge is -2.35. The third-order valence-electron chi connectivity index (χ3n) is 2.95. The summed E-state index contributed by atoms with van der Waals surface area (Å²) in [6, 6.07) is 6.72. The van der Waals surface area contributed by atoms with Gasteiger partial charge >= 0.3 is 12.0 Å². The highest BCUT2D eigenvalue weighted by Crippen LogP contribution is 2.24. The smallest absolute Gasteiger partial charge is 0.322 e. The molecule has 0 saturated heterocycles. The van der Waals surface area contributed by atoms with E-state index in [-0.39, 0.29) is 19.0 Å². The van der Waals surface area contributed by atoms with Gasteiger partial charge in [-0.25, -0.2) is 4.79 Å². The number of anilines is 1. The standard InChI is InChI=1S/C15H22N2O4/c1-15(2,3)17(10-9-13(18)19)14(20)16-11-7-5-6-8-12(11)21-4/h5-8H,9-10H2,1-4H3,(H,16,20)(H,18,19). The van der Waals surface area contributed by atoms with Crippen LogP contribution in [0.25, 0.3) is 0 Å². The SMILES string of the molecule is COc1ccccc1NC(=O)N(CCC(=O)O)C(C)(C)C. The van der Waals surface area contributed by atoms with Crippen LogP contribution < -0.4 is 10.1 Å². The number of carbonyl (C=O) groups is 2. The van der Waals surface area contributed by atoms with E-state index in [4.69, 9.17) is 9.84 Å².